The third-order valence-corrected chi connectivity index (χ3v) is 5.53. The minimum Gasteiger partial charge on any atom is -0.230 e. The Morgan fingerprint density at radius 3 is 2.35 bits per heavy atom. The molecule has 0 fully saturated rings. The van der Waals surface area contributed by atoms with Crippen molar-refractivity contribution in [3.8, 4) is 0 Å². The molecule has 0 radical (unpaired) electrons. The molecule has 2 rings (SSSR count). The number of fused-ring (bicyclic) bond motifs is 1. The molecule has 0 saturated carbocycles. The average Bonchev–Trinajstić information content (AvgIpc) is 2.95. The second-order valence-corrected chi connectivity index (χ2v) is 7.45. The summed E-state index contributed by atoms with van der Waals surface area (Å²) in [4.78, 5) is 0. The SMILES string of the molecule is CCCCCCCCCCSC[n+]1cn(CC)c2ccccc21. The summed E-state index contributed by atoms with van der Waals surface area (Å²) < 4.78 is 4.74. The van der Waals surface area contributed by atoms with E-state index in [0.717, 1.165) is 12.4 Å². The van der Waals surface area contributed by atoms with Gasteiger partial charge in [-0.1, -0.05) is 64.0 Å². The van der Waals surface area contributed by atoms with Gasteiger partial charge >= 0.3 is 0 Å². The van der Waals surface area contributed by atoms with Gasteiger partial charge in [-0.25, -0.2) is 9.13 Å². The van der Waals surface area contributed by atoms with Gasteiger partial charge in [0.25, 0.3) is 0 Å². The minimum absolute atomic E-state index is 1.04. The van der Waals surface area contributed by atoms with Crippen LogP contribution >= 0.6 is 11.8 Å². The number of hydrogen-bond acceptors (Lipinski definition) is 1. The Kier molecular flexibility index (Phi) is 8.59. The van der Waals surface area contributed by atoms with E-state index >= 15 is 0 Å². The predicted molar refractivity (Wildman–Crippen MR) is 103 cm³/mol. The fourth-order valence-corrected chi connectivity index (χ4v) is 4.04. The fourth-order valence-electron chi connectivity index (χ4n) is 3.10. The number of imidazole rings is 1. The van der Waals surface area contributed by atoms with E-state index in [1.165, 1.54) is 68.2 Å². The average molecular weight is 334 g/mol. The van der Waals surface area contributed by atoms with Crippen LogP contribution in [0.25, 0.3) is 11.0 Å². The van der Waals surface area contributed by atoms with Crippen molar-refractivity contribution in [1.29, 1.82) is 0 Å². The van der Waals surface area contributed by atoms with E-state index in [1.54, 1.807) is 0 Å². The van der Waals surface area contributed by atoms with Crippen molar-refractivity contribution in [3.63, 3.8) is 0 Å². The summed E-state index contributed by atoms with van der Waals surface area (Å²) in [7, 11) is 0. The zero-order valence-corrected chi connectivity index (χ0v) is 15.8. The number of hydrogen-bond donors (Lipinski definition) is 0. The van der Waals surface area contributed by atoms with Crippen LogP contribution in [0.15, 0.2) is 30.6 Å². The maximum Gasteiger partial charge on any atom is 0.245 e. The Labute approximate surface area is 146 Å². The number of thioether (sulfide) groups is 1. The number of rotatable bonds is 12. The monoisotopic (exact) mass is 333 g/mol. The van der Waals surface area contributed by atoms with Crippen molar-refractivity contribution in [2.75, 3.05) is 5.75 Å². The number of aromatic nitrogens is 2. The van der Waals surface area contributed by atoms with E-state index in [0.29, 0.717) is 0 Å². The molecule has 2 nitrogen and oxygen atoms in total. The molecule has 23 heavy (non-hydrogen) atoms. The van der Waals surface area contributed by atoms with Crippen molar-refractivity contribution in [3.05, 3.63) is 30.6 Å². The molecule has 0 unspecified atom stereocenters. The summed E-state index contributed by atoms with van der Waals surface area (Å²) in [5.41, 5.74) is 2.71. The minimum atomic E-state index is 1.04. The third kappa shape index (κ3) is 5.87. The molecule has 0 atom stereocenters. The number of unbranched alkanes of at least 4 members (excludes halogenated alkanes) is 7. The Morgan fingerprint density at radius 2 is 1.61 bits per heavy atom. The van der Waals surface area contributed by atoms with Gasteiger partial charge in [0, 0.05) is 0 Å². The van der Waals surface area contributed by atoms with Gasteiger partial charge in [0.2, 0.25) is 6.33 Å². The van der Waals surface area contributed by atoms with E-state index in [1.807, 2.05) is 0 Å². The highest BCUT2D eigenvalue weighted by Crippen LogP contribution is 2.14. The molecule has 0 bridgehead atoms. The molecular weight excluding hydrogens is 300 g/mol. The number of nitrogens with zero attached hydrogens (tertiary/aromatic N) is 2. The lowest BCUT2D eigenvalue weighted by Crippen LogP contribution is -2.30. The largest absolute Gasteiger partial charge is 0.245 e. The smallest absolute Gasteiger partial charge is 0.230 e. The van der Waals surface area contributed by atoms with Crippen LogP contribution in [0.1, 0.15) is 65.2 Å². The molecule has 0 N–H and O–H groups in total. The number of aryl methyl sites for hydroxylation is 1. The van der Waals surface area contributed by atoms with Crippen LogP contribution in [-0.4, -0.2) is 10.3 Å². The van der Waals surface area contributed by atoms with Crippen molar-refractivity contribution in [1.82, 2.24) is 4.57 Å². The first kappa shape index (κ1) is 18.4. The molecular formula is C20H33N2S+. The van der Waals surface area contributed by atoms with Gasteiger partial charge in [-0.05, 0) is 31.2 Å². The number of benzene rings is 1. The van der Waals surface area contributed by atoms with Crippen molar-refractivity contribution in [2.45, 2.75) is 77.6 Å². The Balaban J connectivity index is 1.63. The van der Waals surface area contributed by atoms with Crippen molar-refractivity contribution >= 4 is 22.8 Å². The van der Waals surface area contributed by atoms with E-state index in [2.05, 4.69) is 65.3 Å². The molecule has 1 heterocycles. The zero-order chi connectivity index (χ0) is 16.3. The molecule has 1 aromatic carbocycles. The highest BCUT2D eigenvalue weighted by Gasteiger charge is 2.13. The van der Waals surface area contributed by atoms with Crippen molar-refractivity contribution < 1.29 is 4.57 Å². The first-order valence-electron chi connectivity index (χ1n) is 9.41. The Hall–Kier alpha value is -0.960. The molecule has 0 amide bonds. The highest BCUT2D eigenvalue weighted by molar-refractivity contribution is 7.98. The fraction of sp³-hybridized carbons (Fsp3) is 0.650. The van der Waals surface area contributed by atoms with Crippen LogP contribution < -0.4 is 4.57 Å². The quantitative estimate of drug-likeness (QED) is 0.353. The lowest BCUT2D eigenvalue weighted by Gasteiger charge is -2.02. The maximum atomic E-state index is 2.40. The second kappa shape index (κ2) is 10.7. The lowest BCUT2D eigenvalue weighted by atomic mass is 10.1. The van der Waals surface area contributed by atoms with E-state index in [-0.39, 0.29) is 0 Å². The summed E-state index contributed by atoms with van der Waals surface area (Å²) in [5.74, 6) is 2.36. The maximum absolute atomic E-state index is 2.40. The summed E-state index contributed by atoms with van der Waals surface area (Å²) in [6.07, 6.45) is 13.5. The first-order valence-corrected chi connectivity index (χ1v) is 10.6. The Bertz CT molecular complexity index is 562. The van der Waals surface area contributed by atoms with Crippen molar-refractivity contribution in [2.24, 2.45) is 0 Å². The van der Waals surface area contributed by atoms with Crippen LogP contribution in [0.3, 0.4) is 0 Å². The van der Waals surface area contributed by atoms with Crippen LogP contribution in [0, 0.1) is 0 Å². The molecule has 0 aliphatic carbocycles. The van der Waals surface area contributed by atoms with Gasteiger partial charge in [-0.3, -0.25) is 0 Å². The van der Waals surface area contributed by atoms with Crippen LogP contribution in [-0.2, 0) is 12.4 Å². The van der Waals surface area contributed by atoms with E-state index in [4.69, 9.17) is 0 Å². The van der Waals surface area contributed by atoms with Crippen LogP contribution in [0.5, 0.6) is 0 Å². The normalized spacial score (nSPS) is 11.4. The Morgan fingerprint density at radius 1 is 0.913 bits per heavy atom. The molecule has 0 aliphatic heterocycles. The van der Waals surface area contributed by atoms with Gasteiger partial charge in [0.05, 0.1) is 6.54 Å². The van der Waals surface area contributed by atoms with Crippen LogP contribution in [0.4, 0.5) is 0 Å². The molecule has 128 valence electrons. The summed E-state index contributed by atoms with van der Waals surface area (Å²) in [6.45, 7) is 5.54. The van der Waals surface area contributed by atoms with Gasteiger partial charge in [0.15, 0.2) is 11.0 Å². The van der Waals surface area contributed by atoms with E-state index in [9.17, 15) is 0 Å². The molecule has 3 heteroatoms. The molecule has 1 aromatic heterocycles. The molecule has 0 spiro atoms. The van der Waals surface area contributed by atoms with Gasteiger partial charge in [-0.15, -0.1) is 11.8 Å². The summed E-state index contributed by atoms with van der Waals surface area (Å²) >= 11 is 2.07. The number of para-hydroxylation sites is 2. The topological polar surface area (TPSA) is 8.81 Å². The predicted octanol–water partition coefficient (Wildman–Crippen LogP) is 5.78. The first-order chi connectivity index (χ1) is 11.4. The molecule has 0 aliphatic rings. The lowest BCUT2D eigenvalue weighted by molar-refractivity contribution is -0.650. The molecule has 0 saturated heterocycles. The van der Waals surface area contributed by atoms with Gasteiger partial charge < -0.3 is 0 Å². The summed E-state index contributed by atoms with van der Waals surface area (Å²) in [5, 5.41) is 0. The van der Waals surface area contributed by atoms with E-state index < -0.39 is 0 Å². The standard InChI is InChI=1S/C20H33N2S/c1-3-5-6-7-8-9-10-13-16-23-18-22-17-21(4-2)19-14-11-12-15-20(19)22/h11-12,14-15,17H,3-10,13,16,18H2,1-2H3/q+1. The summed E-state index contributed by atoms with van der Waals surface area (Å²) in [6, 6.07) is 8.73. The molecule has 2 aromatic rings. The third-order valence-electron chi connectivity index (χ3n) is 4.49. The van der Waals surface area contributed by atoms with Gasteiger partial charge in [-0.2, -0.15) is 0 Å². The highest BCUT2D eigenvalue weighted by atomic mass is 32.2. The van der Waals surface area contributed by atoms with Gasteiger partial charge in [0.1, 0.15) is 5.88 Å². The van der Waals surface area contributed by atoms with Crippen LogP contribution in [0.2, 0.25) is 0 Å². The zero-order valence-electron chi connectivity index (χ0n) is 15.0. The second-order valence-electron chi connectivity index (χ2n) is 6.37.